The Morgan fingerprint density at radius 2 is 1.88 bits per heavy atom. The summed E-state index contributed by atoms with van der Waals surface area (Å²) in [4.78, 5) is 19.8. The van der Waals surface area contributed by atoms with Gasteiger partial charge in [0.05, 0.1) is 6.42 Å². The molecule has 7 nitrogen and oxygen atoms in total. The van der Waals surface area contributed by atoms with Gasteiger partial charge in [-0.2, -0.15) is 9.67 Å². The van der Waals surface area contributed by atoms with Crippen LogP contribution in [-0.4, -0.2) is 25.7 Å². The van der Waals surface area contributed by atoms with Crippen LogP contribution < -0.4 is 11.1 Å². The van der Waals surface area contributed by atoms with Crippen LogP contribution in [0.15, 0.2) is 60.8 Å². The molecule has 4 aromatic rings. The smallest absolute Gasteiger partial charge is 0.254 e. The van der Waals surface area contributed by atoms with Crippen LogP contribution in [0.4, 0.5) is 17.6 Å². The molecule has 0 aliphatic heterocycles. The molecule has 0 unspecified atom stereocenters. The topological polar surface area (TPSA) is 102 Å². The highest BCUT2D eigenvalue weighted by atomic mass is 16.2. The van der Waals surface area contributed by atoms with Gasteiger partial charge < -0.3 is 16.0 Å². The van der Waals surface area contributed by atoms with Gasteiger partial charge in [-0.3, -0.25) is 4.79 Å². The van der Waals surface area contributed by atoms with Gasteiger partial charge in [0.1, 0.15) is 0 Å². The minimum absolute atomic E-state index is 0.0586. The fraction of sp³-hybridized carbons (Fsp3) is 0.0556. The van der Waals surface area contributed by atoms with Crippen LogP contribution in [0.2, 0.25) is 0 Å². The number of aromatic nitrogens is 4. The number of H-pyrrole nitrogens is 1. The zero-order valence-electron chi connectivity index (χ0n) is 13.3. The van der Waals surface area contributed by atoms with Crippen LogP contribution >= 0.6 is 0 Å². The summed E-state index contributed by atoms with van der Waals surface area (Å²) in [5.41, 5.74) is 8.57. The monoisotopic (exact) mass is 332 g/mol. The van der Waals surface area contributed by atoms with E-state index in [4.69, 9.17) is 5.73 Å². The highest BCUT2D eigenvalue weighted by Crippen LogP contribution is 2.19. The molecule has 0 bridgehead atoms. The van der Waals surface area contributed by atoms with Gasteiger partial charge in [0.25, 0.3) is 5.91 Å². The van der Waals surface area contributed by atoms with Gasteiger partial charge in [0, 0.05) is 22.8 Å². The Kier molecular flexibility index (Phi) is 3.66. The number of carbonyl (C=O) groups excluding carboxylic acids is 1. The number of carbonyl (C=O) groups is 1. The van der Waals surface area contributed by atoms with Crippen LogP contribution in [0, 0.1) is 0 Å². The number of nitrogen functional groups attached to an aromatic ring is 1. The molecular formula is C18H16N6O. The minimum Gasteiger partial charge on any atom is -0.368 e. The first-order chi connectivity index (χ1) is 12.2. The van der Waals surface area contributed by atoms with E-state index in [1.165, 1.54) is 0 Å². The number of anilines is 3. The quantitative estimate of drug-likeness (QED) is 0.533. The molecule has 0 amide bonds. The molecule has 4 N–H and O–H groups in total. The lowest BCUT2D eigenvalue weighted by atomic mass is 10.1. The lowest BCUT2D eigenvalue weighted by Gasteiger charge is -2.01. The average molecular weight is 332 g/mol. The first-order valence-corrected chi connectivity index (χ1v) is 7.83. The highest BCUT2D eigenvalue weighted by Gasteiger charge is 2.16. The van der Waals surface area contributed by atoms with Crippen LogP contribution in [0.5, 0.6) is 0 Å². The fourth-order valence-corrected chi connectivity index (χ4v) is 2.73. The number of nitrogens with zero attached hydrogens (tertiary/aromatic N) is 3. The number of hydrogen-bond acceptors (Lipinski definition) is 5. The average Bonchev–Trinajstić information content (AvgIpc) is 3.20. The molecule has 7 heteroatoms. The van der Waals surface area contributed by atoms with Crippen molar-refractivity contribution in [2.24, 2.45) is 0 Å². The lowest BCUT2D eigenvalue weighted by molar-refractivity contribution is 0.0902. The van der Waals surface area contributed by atoms with Crippen molar-refractivity contribution in [3.63, 3.8) is 0 Å². The molecule has 4 rings (SSSR count). The second-order valence-electron chi connectivity index (χ2n) is 5.63. The van der Waals surface area contributed by atoms with Crippen LogP contribution in [0.25, 0.3) is 10.9 Å². The number of para-hydroxylation sites is 2. The lowest BCUT2D eigenvalue weighted by Crippen LogP contribution is -2.17. The molecule has 0 aliphatic carbocycles. The summed E-state index contributed by atoms with van der Waals surface area (Å²) in [6.07, 6.45) is 2.02. The molecule has 25 heavy (non-hydrogen) atoms. The number of rotatable bonds is 4. The summed E-state index contributed by atoms with van der Waals surface area (Å²) < 4.78 is 1.13. The largest absolute Gasteiger partial charge is 0.368 e. The molecule has 2 aromatic heterocycles. The Hall–Kier alpha value is -3.61. The molecule has 0 saturated carbocycles. The van der Waals surface area contributed by atoms with Gasteiger partial charge in [-0.25, -0.2) is 0 Å². The van der Waals surface area contributed by atoms with E-state index in [0.29, 0.717) is 0 Å². The molecule has 0 spiro atoms. The van der Waals surface area contributed by atoms with Gasteiger partial charge in [-0.15, -0.1) is 5.10 Å². The predicted octanol–water partition coefficient (Wildman–Crippen LogP) is 2.97. The first kappa shape index (κ1) is 14.9. The Morgan fingerprint density at radius 3 is 2.72 bits per heavy atom. The Bertz CT molecular complexity index is 1030. The molecule has 0 radical (unpaired) electrons. The fourth-order valence-electron chi connectivity index (χ4n) is 2.73. The summed E-state index contributed by atoms with van der Waals surface area (Å²) in [5, 5.41) is 8.21. The summed E-state index contributed by atoms with van der Waals surface area (Å²) in [6, 6.07) is 17.3. The Labute approximate surface area is 143 Å². The van der Waals surface area contributed by atoms with E-state index in [1.807, 2.05) is 60.8 Å². The van der Waals surface area contributed by atoms with E-state index in [9.17, 15) is 4.79 Å². The van der Waals surface area contributed by atoms with Gasteiger partial charge in [0.2, 0.25) is 11.9 Å². The van der Waals surface area contributed by atoms with E-state index in [2.05, 4.69) is 20.4 Å². The maximum atomic E-state index is 12.6. The summed E-state index contributed by atoms with van der Waals surface area (Å²) >= 11 is 0. The van der Waals surface area contributed by atoms with Crippen LogP contribution in [-0.2, 0) is 6.42 Å². The van der Waals surface area contributed by atoms with Crippen LogP contribution in [0.3, 0.4) is 0 Å². The number of aromatic amines is 1. The molecular weight excluding hydrogens is 316 g/mol. The van der Waals surface area contributed by atoms with E-state index in [-0.39, 0.29) is 24.2 Å². The number of benzene rings is 2. The third-order valence-electron chi connectivity index (χ3n) is 3.91. The van der Waals surface area contributed by atoms with Crippen molar-refractivity contribution >= 4 is 34.4 Å². The molecule has 2 aromatic carbocycles. The predicted molar refractivity (Wildman–Crippen MR) is 96.8 cm³/mol. The molecule has 0 saturated heterocycles. The number of fused-ring (bicyclic) bond motifs is 1. The number of nitrogens with two attached hydrogens (primary N) is 1. The summed E-state index contributed by atoms with van der Waals surface area (Å²) in [7, 11) is 0. The molecule has 2 heterocycles. The van der Waals surface area contributed by atoms with Gasteiger partial charge >= 0.3 is 0 Å². The number of hydrogen-bond donors (Lipinski definition) is 3. The minimum atomic E-state index is -0.240. The van der Waals surface area contributed by atoms with Crippen molar-refractivity contribution in [2.75, 3.05) is 11.1 Å². The maximum Gasteiger partial charge on any atom is 0.254 e. The van der Waals surface area contributed by atoms with Crippen molar-refractivity contribution in [1.29, 1.82) is 0 Å². The van der Waals surface area contributed by atoms with Crippen molar-refractivity contribution in [3.8, 4) is 0 Å². The second kappa shape index (κ2) is 6.12. The molecule has 0 atom stereocenters. The highest BCUT2D eigenvalue weighted by molar-refractivity contribution is 5.90. The third-order valence-corrected chi connectivity index (χ3v) is 3.91. The third kappa shape index (κ3) is 2.94. The van der Waals surface area contributed by atoms with E-state index in [1.54, 1.807) is 0 Å². The second-order valence-corrected chi connectivity index (χ2v) is 5.63. The zero-order valence-corrected chi connectivity index (χ0v) is 13.3. The zero-order chi connectivity index (χ0) is 17.2. The SMILES string of the molecule is Nc1nc(Nc2ccccc2)nn1C(=O)Cc1c[nH]c2ccccc12. The van der Waals surface area contributed by atoms with Gasteiger partial charge in [-0.05, 0) is 23.8 Å². The Balaban J connectivity index is 1.56. The molecule has 124 valence electrons. The molecule has 0 fully saturated rings. The van der Waals surface area contributed by atoms with Gasteiger partial charge in [0.15, 0.2) is 0 Å². The van der Waals surface area contributed by atoms with E-state index < -0.39 is 0 Å². The standard InChI is InChI=1S/C18H16N6O/c19-17-22-18(21-13-6-2-1-3-7-13)23-24(17)16(25)10-12-11-20-15-9-5-4-8-14(12)15/h1-9,11,20H,10H2,(H3,19,21,22,23). The van der Waals surface area contributed by atoms with Crippen molar-refractivity contribution < 1.29 is 4.79 Å². The van der Waals surface area contributed by atoms with Crippen molar-refractivity contribution in [2.45, 2.75) is 6.42 Å². The van der Waals surface area contributed by atoms with Crippen molar-refractivity contribution in [3.05, 3.63) is 66.4 Å². The van der Waals surface area contributed by atoms with Crippen LogP contribution in [0.1, 0.15) is 10.4 Å². The van der Waals surface area contributed by atoms with E-state index in [0.717, 1.165) is 26.8 Å². The number of nitrogens with one attached hydrogen (secondary N) is 2. The summed E-state index contributed by atoms with van der Waals surface area (Å²) in [5.74, 6) is 0.107. The Morgan fingerprint density at radius 1 is 1.12 bits per heavy atom. The summed E-state index contributed by atoms with van der Waals surface area (Å²) in [6.45, 7) is 0. The maximum absolute atomic E-state index is 12.6. The molecule has 0 aliphatic rings. The van der Waals surface area contributed by atoms with Crippen molar-refractivity contribution in [1.82, 2.24) is 19.7 Å². The first-order valence-electron chi connectivity index (χ1n) is 7.83. The van der Waals surface area contributed by atoms with Gasteiger partial charge in [-0.1, -0.05) is 36.4 Å². The normalized spacial score (nSPS) is 10.9. The van der Waals surface area contributed by atoms with E-state index >= 15 is 0 Å².